The van der Waals surface area contributed by atoms with E-state index < -0.39 is 0 Å². The first kappa shape index (κ1) is 39.2. The monoisotopic (exact) mass is 867 g/mol. The maximum absolute atomic E-state index is 5.34. The molecule has 0 aliphatic heterocycles. The van der Waals surface area contributed by atoms with E-state index in [2.05, 4.69) is 234 Å². The maximum Gasteiger partial charge on any atom is 0.238 e. The first-order chi connectivity index (χ1) is 33.7. The van der Waals surface area contributed by atoms with Crippen LogP contribution in [0.25, 0.3) is 123 Å². The first-order valence-electron chi connectivity index (χ1n) is 23.0. The molecule has 3 heterocycles. The molecule has 5 heteroatoms. The number of para-hydroxylation sites is 2. The topological polar surface area (TPSA) is 48.5 Å². The fourth-order valence-corrected chi connectivity index (χ4v) is 9.95. The van der Waals surface area contributed by atoms with E-state index in [0.29, 0.717) is 17.6 Å². The Hall–Kier alpha value is -9.19. The van der Waals surface area contributed by atoms with Crippen LogP contribution in [0, 0.1) is 0 Å². The van der Waals surface area contributed by atoms with Crippen molar-refractivity contribution in [2.75, 3.05) is 0 Å². The van der Waals surface area contributed by atoms with Crippen LogP contribution < -0.4 is 0 Å². The van der Waals surface area contributed by atoms with Crippen LogP contribution in [0.5, 0.6) is 0 Å². The molecule has 0 unspecified atom stereocenters. The van der Waals surface area contributed by atoms with Gasteiger partial charge in [-0.3, -0.25) is 4.57 Å². The van der Waals surface area contributed by atoms with E-state index in [-0.39, 0.29) is 0 Å². The fourth-order valence-electron chi connectivity index (χ4n) is 9.95. The average molecular weight is 868 g/mol. The molecule has 0 fully saturated rings. The van der Waals surface area contributed by atoms with Gasteiger partial charge in [-0.1, -0.05) is 200 Å². The van der Waals surface area contributed by atoms with Gasteiger partial charge in [-0.2, -0.15) is 9.97 Å². The highest BCUT2D eigenvalue weighted by Gasteiger charge is 2.23. The third-order valence-electron chi connectivity index (χ3n) is 13.2. The van der Waals surface area contributed by atoms with Crippen molar-refractivity contribution in [1.82, 2.24) is 24.1 Å². The van der Waals surface area contributed by atoms with Crippen molar-refractivity contribution in [1.29, 1.82) is 0 Å². The van der Waals surface area contributed by atoms with Crippen molar-refractivity contribution in [3.63, 3.8) is 0 Å². The predicted molar refractivity (Wildman–Crippen MR) is 281 cm³/mol. The Balaban J connectivity index is 1.06. The SMILES string of the molecule is c1ccc(-c2cccc(-c3nc(-c4ccccc4)nc(-n4c5ccccc5c5cc6c(cc54)c4ccccc4n6-c4ccc(-c5ccccc5)cc4-c4cccc(-c5ccccc5)c4)n3)c2)cc1. The van der Waals surface area contributed by atoms with Crippen molar-refractivity contribution < 1.29 is 0 Å². The normalized spacial score (nSPS) is 11.5. The lowest BCUT2D eigenvalue weighted by molar-refractivity contribution is 0.954. The summed E-state index contributed by atoms with van der Waals surface area (Å²) in [7, 11) is 0. The molecule has 0 atom stereocenters. The Morgan fingerprint density at radius 1 is 0.235 bits per heavy atom. The number of rotatable bonds is 8. The van der Waals surface area contributed by atoms with E-state index in [0.717, 1.165) is 82.7 Å². The van der Waals surface area contributed by atoms with Gasteiger partial charge in [-0.15, -0.1) is 0 Å². The molecule has 318 valence electrons. The molecule has 13 rings (SSSR count). The lowest BCUT2D eigenvalue weighted by atomic mass is 9.94. The average Bonchev–Trinajstić information content (AvgIpc) is 3.92. The number of benzene rings is 10. The van der Waals surface area contributed by atoms with Crippen molar-refractivity contribution in [2.45, 2.75) is 0 Å². The summed E-state index contributed by atoms with van der Waals surface area (Å²) >= 11 is 0. The van der Waals surface area contributed by atoms with Gasteiger partial charge in [0.1, 0.15) is 0 Å². The van der Waals surface area contributed by atoms with Gasteiger partial charge in [-0.25, -0.2) is 4.98 Å². The van der Waals surface area contributed by atoms with Crippen LogP contribution in [0.1, 0.15) is 0 Å². The van der Waals surface area contributed by atoms with Gasteiger partial charge >= 0.3 is 0 Å². The zero-order valence-corrected chi connectivity index (χ0v) is 36.9. The molecule has 0 bridgehead atoms. The summed E-state index contributed by atoms with van der Waals surface area (Å²) in [6.07, 6.45) is 0. The van der Waals surface area contributed by atoms with Crippen molar-refractivity contribution >= 4 is 43.6 Å². The van der Waals surface area contributed by atoms with Crippen molar-refractivity contribution in [3.8, 4) is 78.9 Å². The number of hydrogen-bond donors (Lipinski definition) is 0. The Labute approximate surface area is 393 Å². The summed E-state index contributed by atoms with van der Waals surface area (Å²) in [4.78, 5) is 15.8. The van der Waals surface area contributed by atoms with E-state index in [1.165, 1.54) is 22.3 Å². The van der Waals surface area contributed by atoms with Gasteiger partial charge in [0, 0.05) is 38.2 Å². The van der Waals surface area contributed by atoms with Crippen LogP contribution in [0.2, 0.25) is 0 Å². The second-order valence-corrected chi connectivity index (χ2v) is 17.2. The zero-order chi connectivity index (χ0) is 45.0. The molecular formula is C63H41N5. The molecule has 0 saturated carbocycles. The molecule has 0 aliphatic carbocycles. The van der Waals surface area contributed by atoms with Gasteiger partial charge in [-0.05, 0) is 87.5 Å². The number of aromatic nitrogens is 5. The summed E-state index contributed by atoms with van der Waals surface area (Å²) < 4.78 is 4.69. The lowest BCUT2D eigenvalue weighted by Gasteiger charge is -2.17. The first-order valence-corrected chi connectivity index (χ1v) is 23.0. The van der Waals surface area contributed by atoms with E-state index in [9.17, 15) is 0 Å². The van der Waals surface area contributed by atoms with Crippen LogP contribution >= 0.6 is 0 Å². The second kappa shape index (κ2) is 16.4. The van der Waals surface area contributed by atoms with Crippen LogP contribution in [0.3, 0.4) is 0 Å². The highest BCUT2D eigenvalue weighted by molar-refractivity contribution is 6.19. The van der Waals surface area contributed by atoms with E-state index in [4.69, 9.17) is 15.0 Å². The summed E-state index contributed by atoms with van der Waals surface area (Å²) in [5.41, 5.74) is 16.5. The quantitative estimate of drug-likeness (QED) is 0.153. The van der Waals surface area contributed by atoms with Gasteiger partial charge in [0.2, 0.25) is 5.95 Å². The van der Waals surface area contributed by atoms with Crippen LogP contribution in [-0.4, -0.2) is 24.1 Å². The Bertz CT molecular complexity index is 4010. The fraction of sp³-hybridized carbons (Fsp3) is 0. The largest absolute Gasteiger partial charge is 0.309 e. The maximum atomic E-state index is 5.34. The predicted octanol–water partition coefficient (Wildman–Crippen LogP) is 16.1. The molecule has 3 aromatic heterocycles. The van der Waals surface area contributed by atoms with Crippen LogP contribution in [-0.2, 0) is 0 Å². The number of nitrogens with zero attached hydrogens (tertiary/aromatic N) is 5. The molecule has 10 aromatic carbocycles. The summed E-state index contributed by atoms with van der Waals surface area (Å²) in [6, 6.07) is 88.4. The highest BCUT2D eigenvalue weighted by Crippen LogP contribution is 2.43. The molecule has 68 heavy (non-hydrogen) atoms. The molecule has 13 aromatic rings. The van der Waals surface area contributed by atoms with Crippen LogP contribution in [0.15, 0.2) is 249 Å². The van der Waals surface area contributed by atoms with Crippen LogP contribution in [0.4, 0.5) is 0 Å². The molecule has 0 spiro atoms. The lowest BCUT2D eigenvalue weighted by Crippen LogP contribution is -2.06. The van der Waals surface area contributed by atoms with Crippen molar-refractivity contribution in [3.05, 3.63) is 249 Å². The summed E-state index contributed by atoms with van der Waals surface area (Å²) in [6.45, 7) is 0. The van der Waals surface area contributed by atoms with Gasteiger partial charge < -0.3 is 4.57 Å². The smallest absolute Gasteiger partial charge is 0.238 e. The molecule has 0 saturated heterocycles. The molecule has 0 radical (unpaired) electrons. The minimum absolute atomic E-state index is 0.561. The molecule has 5 nitrogen and oxygen atoms in total. The molecule has 0 aliphatic rings. The molecular weight excluding hydrogens is 827 g/mol. The minimum atomic E-state index is 0.561. The Morgan fingerprint density at radius 2 is 0.647 bits per heavy atom. The van der Waals surface area contributed by atoms with Gasteiger partial charge in [0.05, 0.1) is 27.8 Å². The number of hydrogen-bond acceptors (Lipinski definition) is 3. The standard InChI is InChI=1S/C63H41N5/c1-5-19-42(20-6-1)46-27-17-29-49(37-46)53-39-48(44-23-9-3-10-24-44)35-36-58(53)67-56-33-15-13-31-51(56)54-41-60-55(40-59(54)67)52-32-14-16-34-57(52)68(60)63-65-61(45-25-11-4-12-26-45)64-62(66-63)50-30-18-28-47(38-50)43-21-7-2-8-22-43/h1-41H. The van der Waals surface area contributed by atoms with E-state index in [1.54, 1.807) is 0 Å². The number of fused-ring (bicyclic) bond motifs is 6. The third-order valence-corrected chi connectivity index (χ3v) is 13.2. The Kier molecular flexibility index (Phi) is 9.43. The summed E-state index contributed by atoms with van der Waals surface area (Å²) in [5, 5.41) is 4.53. The Morgan fingerprint density at radius 3 is 1.22 bits per heavy atom. The van der Waals surface area contributed by atoms with Crippen molar-refractivity contribution in [2.24, 2.45) is 0 Å². The summed E-state index contributed by atoms with van der Waals surface area (Å²) in [5.74, 6) is 1.78. The highest BCUT2D eigenvalue weighted by atomic mass is 15.2. The minimum Gasteiger partial charge on any atom is -0.309 e. The zero-order valence-electron chi connectivity index (χ0n) is 36.9. The third kappa shape index (κ3) is 6.76. The van der Waals surface area contributed by atoms with Gasteiger partial charge in [0.15, 0.2) is 11.6 Å². The van der Waals surface area contributed by atoms with E-state index >= 15 is 0 Å². The van der Waals surface area contributed by atoms with Gasteiger partial charge in [0.25, 0.3) is 0 Å². The molecule has 0 N–H and O–H groups in total. The molecule has 0 amide bonds. The van der Waals surface area contributed by atoms with E-state index in [1.807, 2.05) is 24.3 Å². The second-order valence-electron chi connectivity index (χ2n) is 17.2.